The lowest BCUT2D eigenvalue weighted by Gasteiger charge is -2.09. The van der Waals surface area contributed by atoms with Gasteiger partial charge in [0.25, 0.3) is 0 Å². The number of thiocarbonyl (C=S) groups is 1. The molecule has 2 heterocycles. The highest BCUT2D eigenvalue weighted by Gasteiger charge is 2.39. The highest BCUT2D eigenvalue weighted by Crippen LogP contribution is 2.39. The molecule has 0 aromatic carbocycles. The van der Waals surface area contributed by atoms with E-state index in [0.29, 0.717) is 17.1 Å². The number of pyridine rings is 2. The van der Waals surface area contributed by atoms with E-state index in [-0.39, 0.29) is 0 Å². The molecule has 2 aromatic rings. The first-order valence-corrected chi connectivity index (χ1v) is 6.63. The molecule has 96 valence electrons. The quantitative estimate of drug-likeness (QED) is 0.838. The topological polar surface area (TPSA) is 49.8 Å². The van der Waals surface area contributed by atoms with Crippen LogP contribution in [-0.2, 0) is 0 Å². The van der Waals surface area contributed by atoms with Crippen molar-refractivity contribution in [3.8, 4) is 0 Å². The fourth-order valence-electron chi connectivity index (χ4n) is 2.03. The minimum absolute atomic E-state index is 0.374. The molecule has 0 bridgehead atoms. The van der Waals surface area contributed by atoms with E-state index in [2.05, 4.69) is 26.7 Å². The zero-order valence-electron chi connectivity index (χ0n) is 10.3. The molecule has 2 N–H and O–H groups in total. The lowest BCUT2D eigenvalue weighted by atomic mass is 10.2. The monoisotopic (exact) mass is 270 g/mol. The first kappa shape index (κ1) is 12.0. The molecule has 19 heavy (non-hydrogen) atoms. The Kier molecular flexibility index (Phi) is 3.37. The summed E-state index contributed by atoms with van der Waals surface area (Å²) in [5.74, 6) is 1.22. The maximum atomic E-state index is 5.27. The van der Waals surface area contributed by atoms with E-state index < -0.39 is 0 Å². The van der Waals surface area contributed by atoms with Gasteiger partial charge in [-0.2, -0.15) is 0 Å². The van der Waals surface area contributed by atoms with Crippen molar-refractivity contribution >= 4 is 23.1 Å². The van der Waals surface area contributed by atoms with Crippen molar-refractivity contribution in [2.45, 2.75) is 18.4 Å². The second kappa shape index (κ2) is 5.32. The third-order valence-electron chi connectivity index (χ3n) is 3.08. The summed E-state index contributed by atoms with van der Waals surface area (Å²) < 4.78 is 0. The Morgan fingerprint density at radius 2 is 1.89 bits per heavy atom. The van der Waals surface area contributed by atoms with Crippen LogP contribution in [0.1, 0.15) is 18.0 Å². The largest absolute Gasteiger partial charge is 0.359 e. The minimum Gasteiger partial charge on any atom is -0.359 e. The maximum Gasteiger partial charge on any atom is 0.172 e. The molecule has 1 fully saturated rings. The van der Waals surface area contributed by atoms with Gasteiger partial charge in [-0.05, 0) is 42.9 Å². The second-order valence-electron chi connectivity index (χ2n) is 4.52. The maximum absolute atomic E-state index is 5.27. The van der Waals surface area contributed by atoms with Gasteiger partial charge in [0.1, 0.15) is 5.82 Å². The average molecular weight is 270 g/mol. The van der Waals surface area contributed by atoms with Crippen molar-refractivity contribution in [1.29, 1.82) is 0 Å². The van der Waals surface area contributed by atoms with Gasteiger partial charge >= 0.3 is 0 Å². The molecule has 2 atom stereocenters. The highest BCUT2D eigenvalue weighted by molar-refractivity contribution is 7.80. The van der Waals surface area contributed by atoms with Crippen LogP contribution in [0.2, 0.25) is 0 Å². The third kappa shape index (κ3) is 3.06. The molecule has 1 aliphatic rings. The van der Waals surface area contributed by atoms with Crippen LogP contribution in [0, 0.1) is 0 Å². The molecule has 4 nitrogen and oxygen atoms in total. The van der Waals surface area contributed by atoms with Gasteiger partial charge in [0.05, 0.1) is 0 Å². The van der Waals surface area contributed by atoms with E-state index in [4.69, 9.17) is 12.2 Å². The van der Waals surface area contributed by atoms with Gasteiger partial charge in [0.15, 0.2) is 5.11 Å². The van der Waals surface area contributed by atoms with E-state index in [1.807, 2.05) is 36.5 Å². The van der Waals surface area contributed by atoms with E-state index >= 15 is 0 Å². The van der Waals surface area contributed by atoms with E-state index in [0.717, 1.165) is 17.9 Å². The Morgan fingerprint density at radius 3 is 2.58 bits per heavy atom. The van der Waals surface area contributed by atoms with Crippen LogP contribution >= 0.6 is 12.2 Å². The summed E-state index contributed by atoms with van der Waals surface area (Å²) in [5, 5.41) is 6.98. The zero-order valence-corrected chi connectivity index (χ0v) is 11.1. The zero-order chi connectivity index (χ0) is 13.1. The molecule has 0 amide bonds. The van der Waals surface area contributed by atoms with Crippen LogP contribution in [0.4, 0.5) is 5.82 Å². The summed E-state index contributed by atoms with van der Waals surface area (Å²) in [6, 6.07) is 12.1. The Labute approximate surface area is 117 Å². The van der Waals surface area contributed by atoms with E-state index in [1.54, 1.807) is 6.20 Å². The molecule has 0 aliphatic heterocycles. The molecule has 0 spiro atoms. The Hall–Kier alpha value is -2.01. The van der Waals surface area contributed by atoms with E-state index in [9.17, 15) is 0 Å². The standard InChI is InChI=1S/C14H14N4S/c19-14(18-13-6-2-4-8-16-13)17-12-9-10(12)11-5-1-3-7-15-11/h1-8,10,12H,9H2,(H2,16,17,18,19)/t10-,12-/m1/s1. The summed E-state index contributed by atoms with van der Waals surface area (Å²) in [7, 11) is 0. The van der Waals surface area contributed by atoms with Gasteiger partial charge in [-0.3, -0.25) is 4.98 Å². The lowest BCUT2D eigenvalue weighted by Crippen LogP contribution is -2.31. The molecule has 2 aromatic heterocycles. The molecule has 1 aliphatic carbocycles. The van der Waals surface area contributed by atoms with Crippen LogP contribution in [0.3, 0.4) is 0 Å². The number of rotatable bonds is 3. The highest BCUT2D eigenvalue weighted by atomic mass is 32.1. The predicted octanol–water partition coefficient (Wildman–Crippen LogP) is 2.32. The summed E-state index contributed by atoms with van der Waals surface area (Å²) >= 11 is 5.27. The minimum atomic E-state index is 0.374. The molecule has 0 saturated heterocycles. The van der Waals surface area contributed by atoms with Gasteiger partial charge in [0, 0.05) is 30.0 Å². The second-order valence-corrected chi connectivity index (χ2v) is 4.92. The van der Waals surface area contributed by atoms with Crippen molar-refractivity contribution in [2.24, 2.45) is 0 Å². The van der Waals surface area contributed by atoms with Gasteiger partial charge in [-0.1, -0.05) is 12.1 Å². The smallest absolute Gasteiger partial charge is 0.172 e. The van der Waals surface area contributed by atoms with Gasteiger partial charge in [0.2, 0.25) is 0 Å². The Bertz CT molecular complexity index is 558. The predicted molar refractivity (Wildman–Crippen MR) is 79.0 cm³/mol. The SMILES string of the molecule is S=C(Nc1ccccn1)N[C@@H]1C[C@@H]1c1ccccn1. The summed E-state index contributed by atoms with van der Waals surface area (Å²) in [6.07, 6.45) is 4.63. The van der Waals surface area contributed by atoms with Crippen LogP contribution in [0.5, 0.6) is 0 Å². The fraction of sp³-hybridized carbons (Fsp3) is 0.214. The number of hydrogen-bond acceptors (Lipinski definition) is 3. The van der Waals surface area contributed by atoms with Crippen molar-refractivity contribution in [3.05, 3.63) is 54.5 Å². The fourth-order valence-corrected chi connectivity index (χ4v) is 2.29. The number of hydrogen-bond donors (Lipinski definition) is 2. The average Bonchev–Trinajstić information content (AvgIpc) is 3.20. The van der Waals surface area contributed by atoms with Crippen LogP contribution in [0.15, 0.2) is 48.8 Å². The molecular formula is C14H14N4S. The van der Waals surface area contributed by atoms with Crippen molar-refractivity contribution in [2.75, 3.05) is 5.32 Å². The van der Waals surface area contributed by atoms with Crippen molar-refractivity contribution in [1.82, 2.24) is 15.3 Å². The third-order valence-corrected chi connectivity index (χ3v) is 3.30. The molecular weight excluding hydrogens is 256 g/mol. The number of nitrogens with zero attached hydrogens (tertiary/aromatic N) is 2. The van der Waals surface area contributed by atoms with Gasteiger partial charge in [-0.25, -0.2) is 4.98 Å². The molecule has 1 saturated carbocycles. The van der Waals surface area contributed by atoms with Crippen LogP contribution in [-0.4, -0.2) is 21.1 Å². The van der Waals surface area contributed by atoms with Crippen LogP contribution < -0.4 is 10.6 Å². The summed E-state index contributed by atoms with van der Waals surface area (Å²) in [4.78, 5) is 8.54. The van der Waals surface area contributed by atoms with Crippen LogP contribution in [0.25, 0.3) is 0 Å². The summed E-state index contributed by atoms with van der Waals surface area (Å²) in [5.41, 5.74) is 1.13. The number of nitrogens with one attached hydrogen (secondary N) is 2. The van der Waals surface area contributed by atoms with Crippen molar-refractivity contribution in [3.63, 3.8) is 0 Å². The Morgan fingerprint density at radius 1 is 1.11 bits per heavy atom. The number of aromatic nitrogens is 2. The first-order chi connectivity index (χ1) is 9.33. The lowest BCUT2D eigenvalue weighted by molar-refractivity contribution is 0.858. The van der Waals surface area contributed by atoms with E-state index in [1.165, 1.54) is 0 Å². The summed E-state index contributed by atoms with van der Waals surface area (Å²) in [6.45, 7) is 0. The normalized spacial score (nSPS) is 20.6. The van der Waals surface area contributed by atoms with Crippen molar-refractivity contribution < 1.29 is 0 Å². The molecule has 0 radical (unpaired) electrons. The van der Waals surface area contributed by atoms with Gasteiger partial charge < -0.3 is 10.6 Å². The molecule has 0 unspecified atom stereocenters. The van der Waals surface area contributed by atoms with Gasteiger partial charge in [-0.15, -0.1) is 0 Å². The first-order valence-electron chi connectivity index (χ1n) is 6.22. The molecule has 5 heteroatoms. The number of anilines is 1. The molecule has 3 rings (SSSR count). The Balaban J connectivity index is 1.52.